The first-order chi connectivity index (χ1) is 15.1. The minimum Gasteiger partial charge on any atom is -0.399 e. The average Bonchev–Trinajstić information content (AvgIpc) is 2.94. The second kappa shape index (κ2) is 7.75. The second-order valence-electron chi connectivity index (χ2n) is 10.4. The van der Waals surface area contributed by atoms with Crippen LogP contribution < -0.4 is 10.8 Å². The summed E-state index contributed by atoms with van der Waals surface area (Å²) in [4.78, 5) is 28.3. The molecule has 0 spiro atoms. The van der Waals surface area contributed by atoms with E-state index in [-0.39, 0.29) is 49.0 Å². The highest BCUT2D eigenvalue weighted by Gasteiger charge is 2.51. The SMILES string of the molecule is CC1(C)OB(c2ccc(C3CN(C(=O)N4CC[C@@H]5OCC(=O)N[C@@H]5C4)C3)cc2)OC1(C)C. The van der Waals surface area contributed by atoms with Crippen LogP contribution in [0.4, 0.5) is 4.79 Å². The van der Waals surface area contributed by atoms with E-state index < -0.39 is 0 Å². The molecule has 8 nitrogen and oxygen atoms in total. The molecular formula is C23H32BN3O5. The highest BCUT2D eigenvalue weighted by molar-refractivity contribution is 6.62. The molecule has 4 fully saturated rings. The minimum atomic E-state index is -0.360. The van der Waals surface area contributed by atoms with Crippen LogP contribution in [0.3, 0.4) is 0 Å². The van der Waals surface area contributed by atoms with E-state index in [1.54, 1.807) is 0 Å². The minimum absolute atomic E-state index is 0.0170. The fourth-order valence-corrected chi connectivity index (χ4v) is 4.82. The van der Waals surface area contributed by atoms with Crippen LogP contribution in [-0.2, 0) is 18.8 Å². The van der Waals surface area contributed by atoms with Gasteiger partial charge in [0.15, 0.2) is 0 Å². The van der Waals surface area contributed by atoms with Gasteiger partial charge in [-0.05, 0) is 45.1 Å². The Labute approximate surface area is 189 Å². The van der Waals surface area contributed by atoms with Crippen molar-refractivity contribution in [3.8, 4) is 0 Å². The Hall–Kier alpha value is -2.10. The number of morpholine rings is 1. The zero-order chi connectivity index (χ0) is 22.7. The van der Waals surface area contributed by atoms with Gasteiger partial charge in [0.25, 0.3) is 0 Å². The third-order valence-electron chi connectivity index (χ3n) is 7.68. The number of likely N-dealkylation sites (tertiary alicyclic amines) is 2. The van der Waals surface area contributed by atoms with Crippen LogP contribution in [0.5, 0.6) is 0 Å². The largest absolute Gasteiger partial charge is 0.494 e. The number of nitrogens with zero attached hydrogens (tertiary/aromatic N) is 2. The van der Waals surface area contributed by atoms with Crippen molar-refractivity contribution < 1.29 is 23.6 Å². The molecule has 0 saturated carbocycles. The van der Waals surface area contributed by atoms with Gasteiger partial charge in [-0.15, -0.1) is 0 Å². The first-order valence-corrected chi connectivity index (χ1v) is 11.5. The van der Waals surface area contributed by atoms with Gasteiger partial charge in [-0.3, -0.25) is 4.79 Å². The van der Waals surface area contributed by atoms with E-state index in [9.17, 15) is 9.59 Å². The van der Waals surface area contributed by atoms with Crippen LogP contribution in [0.15, 0.2) is 24.3 Å². The van der Waals surface area contributed by atoms with Crippen LogP contribution in [-0.4, -0.2) is 85.0 Å². The number of rotatable bonds is 2. The molecule has 0 unspecified atom stereocenters. The predicted molar refractivity (Wildman–Crippen MR) is 120 cm³/mol. The van der Waals surface area contributed by atoms with Crippen molar-refractivity contribution in [2.45, 2.75) is 63.4 Å². The first-order valence-electron chi connectivity index (χ1n) is 11.5. The monoisotopic (exact) mass is 441 g/mol. The number of ether oxygens (including phenoxy) is 1. The van der Waals surface area contributed by atoms with E-state index in [0.29, 0.717) is 32.1 Å². The number of nitrogens with one attached hydrogen (secondary N) is 1. The predicted octanol–water partition coefficient (Wildman–Crippen LogP) is 1.09. The molecule has 1 aromatic rings. The van der Waals surface area contributed by atoms with Crippen LogP contribution >= 0.6 is 0 Å². The lowest BCUT2D eigenvalue weighted by atomic mass is 9.78. The van der Waals surface area contributed by atoms with Crippen LogP contribution in [0, 0.1) is 0 Å². The number of carbonyl (C=O) groups excluding carboxylic acids is 2. The number of urea groups is 1. The quantitative estimate of drug-likeness (QED) is 0.696. The lowest BCUT2D eigenvalue weighted by Gasteiger charge is -2.46. The zero-order valence-corrected chi connectivity index (χ0v) is 19.3. The lowest BCUT2D eigenvalue weighted by Crippen LogP contribution is -2.63. The highest BCUT2D eigenvalue weighted by atomic mass is 16.7. The summed E-state index contributed by atoms with van der Waals surface area (Å²) in [6.07, 6.45) is 0.775. The number of piperidine rings is 1. The Balaban J connectivity index is 1.15. The Morgan fingerprint density at radius 2 is 1.69 bits per heavy atom. The molecule has 0 aromatic heterocycles. The van der Waals surface area contributed by atoms with Gasteiger partial charge >= 0.3 is 13.1 Å². The van der Waals surface area contributed by atoms with Gasteiger partial charge in [0.1, 0.15) is 6.61 Å². The van der Waals surface area contributed by atoms with Crippen molar-refractivity contribution in [2.24, 2.45) is 0 Å². The van der Waals surface area contributed by atoms with E-state index in [1.165, 1.54) is 5.56 Å². The molecule has 9 heteroatoms. The Morgan fingerprint density at radius 3 is 2.34 bits per heavy atom. The van der Waals surface area contributed by atoms with Crippen molar-refractivity contribution in [3.05, 3.63) is 29.8 Å². The third kappa shape index (κ3) is 3.80. The maximum atomic E-state index is 12.9. The fourth-order valence-electron chi connectivity index (χ4n) is 4.82. The highest BCUT2D eigenvalue weighted by Crippen LogP contribution is 2.36. The Kier molecular flexibility index (Phi) is 5.26. The normalized spacial score (nSPS) is 29.4. The molecule has 32 heavy (non-hydrogen) atoms. The summed E-state index contributed by atoms with van der Waals surface area (Å²) in [5.41, 5.74) is 1.53. The summed E-state index contributed by atoms with van der Waals surface area (Å²) in [6, 6.07) is 8.32. The van der Waals surface area contributed by atoms with Gasteiger partial charge < -0.3 is 29.2 Å². The summed E-state index contributed by atoms with van der Waals surface area (Å²) in [5.74, 6) is 0.232. The Morgan fingerprint density at radius 1 is 1.03 bits per heavy atom. The summed E-state index contributed by atoms with van der Waals surface area (Å²) in [6.45, 7) is 10.9. The first kappa shape index (κ1) is 21.7. The maximum absolute atomic E-state index is 12.9. The lowest BCUT2D eigenvalue weighted by molar-refractivity contribution is -0.139. The van der Waals surface area contributed by atoms with Crippen molar-refractivity contribution >= 4 is 24.5 Å². The van der Waals surface area contributed by atoms with Crippen LogP contribution in [0.25, 0.3) is 0 Å². The van der Waals surface area contributed by atoms with E-state index in [2.05, 4.69) is 57.3 Å². The summed E-state index contributed by atoms with van der Waals surface area (Å²) < 4.78 is 17.9. The number of hydrogen-bond acceptors (Lipinski definition) is 5. The van der Waals surface area contributed by atoms with E-state index in [0.717, 1.165) is 11.9 Å². The van der Waals surface area contributed by atoms with Crippen LogP contribution in [0.1, 0.15) is 45.6 Å². The van der Waals surface area contributed by atoms with Gasteiger partial charge in [0, 0.05) is 32.1 Å². The maximum Gasteiger partial charge on any atom is 0.494 e. The summed E-state index contributed by atoms with van der Waals surface area (Å²) in [5, 5.41) is 2.95. The second-order valence-corrected chi connectivity index (χ2v) is 10.4. The number of hydrogen-bond donors (Lipinski definition) is 1. The molecule has 4 heterocycles. The summed E-state index contributed by atoms with van der Waals surface area (Å²) in [7, 11) is -0.360. The van der Waals surface area contributed by atoms with Gasteiger partial charge in [0.2, 0.25) is 5.91 Å². The van der Waals surface area contributed by atoms with E-state index in [1.807, 2.05) is 9.80 Å². The number of carbonyl (C=O) groups is 2. The molecule has 172 valence electrons. The topological polar surface area (TPSA) is 80.3 Å². The number of benzene rings is 1. The summed E-state index contributed by atoms with van der Waals surface area (Å²) >= 11 is 0. The fraction of sp³-hybridized carbons (Fsp3) is 0.652. The Bertz CT molecular complexity index is 883. The van der Waals surface area contributed by atoms with E-state index in [4.69, 9.17) is 14.0 Å². The molecule has 0 radical (unpaired) electrons. The molecular weight excluding hydrogens is 409 g/mol. The van der Waals surface area contributed by atoms with E-state index >= 15 is 0 Å². The van der Waals surface area contributed by atoms with Gasteiger partial charge in [-0.25, -0.2) is 4.79 Å². The number of fused-ring (bicyclic) bond motifs is 1. The van der Waals surface area contributed by atoms with Crippen molar-refractivity contribution in [3.63, 3.8) is 0 Å². The standard InChI is InChI=1S/C23H32BN3O5/c1-22(2)23(3,4)32-24(31-22)17-7-5-15(6-8-17)16-11-27(12-16)21(29)26-10-9-19-18(13-26)25-20(28)14-30-19/h5-8,16,18-19H,9-14H2,1-4H3,(H,25,28)/t18-,19+/m1/s1. The molecule has 0 bridgehead atoms. The zero-order valence-electron chi connectivity index (χ0n) is 19.3. The molecule has 1 N–H and O–H groups in total. The molecule has 2 atom stereocenters. The molecule has 4 saturated heterocycles. The van der Waals surface area contributed by atoms with Crippen molar-refractivity contribution in [2.75, 3.05) is 32.8 Å². The van der Waals surface area contributed by atoms with Gasteiger partial charge in [-0.2, -0.15) is 0 Å². The smallest absolute Gasteiger partial charge is 0.399 e. The molecule has 5 rings (SSSR count). The van der Waals surface area contributed by atoms with Crippen molar-refractivity contribution in [1.82, 2.24) is 15.1 Å². The molecule has 4 aliphatic rings. The average molecular weight is 441 g/mol. The van der Waals surface area contributed by atoms with Gasteiger partial charge in [0.05, 0.1) is 23.3 Å². The molecule has 4 aliphatic heterocycles. The van der Waals surface area contributed by atoms with Crippen molar-refractivity contribution in [1.29, 1.82) is 0 Å². The number of amides is 3. The third-order valence-corrected chi connectivity index (χ3v) is 7.68. The van der Waals surface area contributed by atoms with Gasteiger partial charge in [-0.1, -0.05) is 24.3 Å². The molecule has 3 amide bonds. The molecule has 1 aromatic carbocycles. The molecule has 0 aliphatic carbocycles. The van der Waals surface area contributed by atoms with Crippen LogP contribution in [0.2, 0.25) is 0 Å².